The largest absolute Gasteiger partial charge is 0.377 e. The molecule has 1 aromatic carbocycles. The van der Waals surface area contributed by atoms with E-state index in [4.69, 9.17) is 6.42 Å². The van der Waals surface area contributed by atoms with Gasteiger partial charge in [0.25, 0.3) is 0 Å². The van der Waals surface area contributed by atoms with E-state index >= 15 is 0 Å². The predicted octanol–water partition coefficient (Wildman–Crippen LogP) is 1.96. The Labute approximate surface area is 96.9 Å². The summed E-state index contributed by atoms with van der Waals surface area (Å²) in [4.78, 5) is 2.28. The summed E-state index contributed by atoms with van der Waals surface area (Å²) < 4.78 is 0. The van der Waals surface area contributed by atoms with Gasteiger partial charge in [0.05, 0.1) is 0 Å². The molecule has 0 amide bonds. The second-order valence-corrected chi connectivity index (χ2v) is 4.50. The van der Waals surface area contributed by atoms with Crippen molar-refractivity contribution in [1.82, 2.24) is 0 Å². The Morgan fingerprint density at radius 1 is 1.38 bits per heavy atom. The van der Waals surface area contributed by atoms with Gasteiger partial charge in [-0.3, -0.25) is 0 Å². The van der Waals surface area contributed by atoms with Gasteiger partial charge in [0.1, 0.15) is 5.60 Å². The Morgan fingerprint density at radius 2 is 2.06 bits per heavy atom. The van der Waals surface area contributed by atoms with Crippen LogP contribution in [0.2, 0.25) is 0 Å². The maximum absolute atomic E-state index is 9.94. The van der Waals surface area contributed by atoms with Crippen molar-refractivity contribution < 1.29 is 5.11 Å². The molecule has 2 heteroatoms. The molecule has 1 aliphatic rings. The summed E-state index contributed by atoms with van der Waals surface area (Å²) in [6.45, 7) is 3.74. The first-order chi connectivity index (χ1) is 7.63. The van der Waals surface area contributed by atoms with Crippen LogP contribution in [0.5, 0.6) is 0 Å². The third-order valence-electron chi connectivity index (χ3n) is 3.23. The molecule has 1 N–H and O–H groups in total. The summed E-state index contributed by atoms with van der Waals surface area (Å²) in [5, 5.41) is 9.94. The monoisotopic (exact) mass is 215 g/mol. The van der Waals surface area contributed by atoms with Crippen LogP contribution in [0.4, 0.5) is 5.69 Å². The Morgan fingerprint density at radius 3 is 2.62 bits per heavy atom. The summed E-state index contributed by atoms with van der Waals surface area (Å²) in [6.07, 6.45) is 6.63. The van der Waals surface area contributed by atoms with Gasteiger partial charge in [-0.2, -0.15) is 0 Å². The standard InChI is InChI=1S/C14H17NO/c1-3-14(16)7-9-15(10-8-14)13-6-4-5-12(2)11-13/h1,4-6,11,16H,7-10H2,2H3. The van der Waals surface area contributed by atoms with Crippen molar-refractivity contribution in [2.45, 2.75) is 25.4 Å². The number of rotatable bonds is 1. The molecule has 2 nitrogen and oxygen atoms in total. The summed E-state index contributed by atoms with van der Waals surface area (Å²) in [5.41, 5.74) is 1.59. The quantitative estimate of drug-likeness (QED) is 0.724. The van der Waals surface area contributed by atoms with Crippen LogP contribution >= 0.6 is 0 Å². The number of benzene rings is 1. The maximum atomic E-state index is 9.94. The zero-order valence-corrected chi connectivity index (χ0v) is 9.61. The molecule has 0 unspecified atom stereocenters. The van der Waals surface area contributed by atoms with Crippen LogP contribution in [0, 0.1) is 19.3 Å². The van der Waals surface area contributed by atoms with Crippen LogP contribution < -0.4 is 4.90 Å². The number of aliphatic hydroxyl groups is 1. The summed E-state index contributed by atoms with van der Waals surface area (Å²) >= 11 is 0. The molecular weight excluding hydrogens is 198 g/mol. The van der Waals surface area contributed by atoms with E-state index in [9.17, 15) is 5.11 Å². The molecule has 0 spiro atoms. The Hall–Kier alpha value is -1.46. The van der Waals surface area contributed by atoms with Crippen LogP contribution in [0.15, 0.2) is 24.3 Å². The number of piperidine rings is 1. The van der Waals surface area contributed by atoms with E-state index in [1.807, 2.05) is 0 Å². The van der Waals surface area contributed by atoms with Crippen molar-refractivity contribution in [3.05, 3.63) is 29.8 Å². The van der Waals surface area contributed by atoms with Crippen LogP contribution in [-0.4, -0.2) is 23.8 Å². The number of nitrogens with zero attached hydrogens (tertiary/aromatic N) is 1. The maximum Gasteiger partial charge on any atom is 0.128 e. The van der Waals surface area contributed by atoms with E-state index < -0.39 is 5.60 Å². The Balaban J connectivity index is 2.08. The fourth-order valence-electron chi connectivity index (χ4n) is 2.10. The first kappa shape index (κ1) is 11.0. The van der Waals surface area contributed by atoms with Gasteiger partial charge >= 0.3 is 0 Å². The smallest absolute Gasteiger partial charge is 0.128 e. The van der Waals surface area contributed by atoms with Crippen molar-refractivity contribution in [2.24, 2.45) is 0 Å². The Bertz CT molecular complexity index is 411. The lowest BCUT2D eigenvalue weighted by atomic mass is 9.92. The zero-order valence-electron chi connectivity index (χ0n) is 9.61. The number of aryl methyl sites for hydroxylation is 1. The number of hydrogen-bond donors (Lipinski definition) is 1. The number of terminal acetylenes is 1. The average Bonchev–Trinajstić information content (AvgIpc) is 2.30. The summed E-state index contributed by atoms with van der Waals surface area (Å²) in [7, 11) is 0. The van der Waals surface area contributed by atoms with E-state index in [-0.39, 0.29) is 0 Å². The van der Waals surface area contributed by atoms with E-state index in [1.165, 1.54) is 11.3 Å². The normalized spacial score (nSPS) is 19.2. The minimum atomic E-state index is -0.889. The number of anilines is 1. The van der Waals surface area contributed by atoms with Gasteiger partial charge in [0.15, 0.2) is 0 Å². The van der Waals surface area contributed by atoms with Crippen LogP contribution in [0.3, 0.4) is 0 Å². The van der Waals surface area contributed by atoms with Crippen molar-refractivity contribution >= 4 is 5.69 Å². The molecule has 1 aromatic rings. The fourth-order valence-corrected chi connectivity index (χ4v) is 2.10. The first-order valence-electron chi connectivity index (χ1n) is 5.65. The van der Waals surface area contributed by atoms with E-state index in [0.717, 1.165) is 13.1 Å². The van der Waals surface area contributed by atoms with Crippen molar-refractivity contribution in [3.8, 4) is 12.3 Å². The SMILES string of the molecule is C#CC1(O)CCN(c2cccc(C)c2)CC1. The molecule has 2 rings (SSSR count). The lowest BCUT2D eigenvalue weighted by molar-refractivity contribution is 0.0748. The molecule has 0 bridgehead atoms. The summed E-state index contributed by atoms with van der Waals surface area (Å²) in [5.74, 6) is 2.49. The topological polar surface area (TPSA) is 23.5 Å². The molecule has 0 aliphatic carbocycles. The molecule has 1 aliphatic heterocycles. The summed E-state index contributed by atoms with van der Waals surface area (Å²) in [6, 6.07) is 8.42. The third-order valence-corrected chi connectivity index (χ3v) is 3.23. The van der Waals surface area contributed by atoms with Gasteiger partial charge < -0.3 is 10.0 Å². The highest BCUT2D eigenvalue weighted by atomic mass is 16.3. The van der Waals surface area contributed by atoms with Crippen molar-refractivity contribution in [1.29, 1.82) is 0 Å². The van der Waals surface area contributed by atoms with E-state index in [0.29, 0.717) is 12.8 Å². The first-order valence-corrected chi connectivity index (χ1v) is 5.65. The van der Waals surface area contributed by atoms with Gasteiger partial charge in [-0.1, -0.05) is 18.1 Å². The second kappa shape index (κ2) is 4.19. The van der Waals surface area contributed by atoms with Crippen LogP contribution in [0.25, 0.3) is 0 Å². The lowest BCUT2D eigenvalue weighted by Crippen LogP contribution is -2.43. The van der Waals surface area contributed by atoms with Gasteiger partial charge in [0.2, 0.25) is 0 Å². The third kappa shape index (κ3) is 2.20. The molecule has 1 saturated heterocycles. The fraction of sp³-hybridized carbons (Fsp3) is 0.429. The van der Waals surface area contributed by atoms with E-state index in [1.54, 1.807) is 0 Å². The Kier molecular flexibility index (Phi) is 2.89. The highest BCUT2D eigenvalue weighted by Gasteiger charge is 2.30. The van der Waals surface area contributed by atoms with Gasteiger partial charge in [-0.05, 0) is 24.6 Å². The van der Waals surface area contributed by atoms with E-state index in [2.05, 4.69) is 42.0 Å². The molecule has 0 atom stereocenters. The van der Waals surface area contributed by atoms with Crippen molar-refractivity contribution in [3.63, 3.8) is 0 Å². The minimum absolute atomic E-state index is 0.650. The van der Waals surface area contributed by atoms with Gasteiger partial charge in [-0.15, -0.1) is 6.42 Å². The molecule has 16 heavy (non-hydrogen) atoms. The predicted molar refractivity (Wildman–Crippen MR) is 66.4 cm³/mol. The average molecular weight is 215 g/mol. The molecule has 84 valence electrons. The highest BCUT2D eigenvalue weighted by molar-refractivity contribution is 5.49. The van der Waals surface area contributed by atoms with Gasteiger partial charge in [-0.25, -0.2) is 0 Å². The minimum Gasteiger partial charge on any atom is -0.377 e. The highest BCUT2D eigenvalue weighted by Crippen LogP contribution is 2.26. The van der Waals surface area contributed by atoms with Crippen LogP contribution in [0.1, 0.15) is 18.4 Å². The molecule has 1 fully saturated rings. The van der Waals surface area contributed by atoms with Gasteiger partial charge in [0, 0.05) is 31.6 Å². The number of hydrogen-bond acceptors (Lipinski definition) is 2. The molecular formula is C14H17NO. The molecule has 0 aromatic heterocycles. The van der Waals surface area contributed by atoms with Crippen molar-refractivity contribution in [2.75, 3.05) is 18.0 Å². The molecule has 1 heterocycles. The van der Waals surface area contributed by atoms with Crippen LogP contribution in [-0.2, 0) is 0 Å². The second-order valence-electron chi connectivity index (χ2n) is 4.50. The molecule has 0 radical (unpaired) electrons. The zero-order chi connectivity index (χ0) is 11.6. The lowest BCUT2D eigenvalue weighted by Gasteiger charge is -2.36. The molecule has 0 saturated carbocycles.